The Bertz CT molecular complexity index is 439. The molecule has 9 heteroatoms. The lowest BCUT2D eigenvalue weighted by molar-refractivity contribution is -0.148. The molecule has 0 aromatic carbocycles. The molecule has 0 radical (unpaired) electrons. The zero-order valence-corrected chi connectivity index (χ0v) is 19.2. The summed E-state index contributed by atoms with van der Waals surface area (Å²) in [6.45, 7) is 6.33. The number of aliphatic imine (C=N–C) groups is 1. The average molecular weight is 520 g/mol. The minimum absolute atomic E-state index is 0. The van der Waals surface area contributed by atoms with E-state index in [1.54, 1.807) is 0 Å². The minimum atomic E-state index is -4.09. The second-order valence-corrected chi connectivity index (χ2v) is 7.68. The molecule has 1 aliphatic carbocycles. The van der Waals surface area contributed by atoms with E-state index in [2.05, 4.69) is 15.6 Å². The summed E-state index contributed by atoms with van der Waals surface area (Å²) in [4.78, 5) is 6.08. The van der Waals surface area contributed by atoms with Crippen molar-refractivity contribution in [1.29, 1.82) is 0 Å². The first-order chi connectivity index (χ1) is 13.0. The number of hydrogen-bond donors (Lipinski definition) is 2. The fraction of sp³-hybridized carbons (Fsp3) is 0.947. The fourth-order valence-electron chi connectivity index (χ4n) is 3.32. The lowest BCUT2D eigenvalue weighted by atomic mass is 9.93. The van der Waals surface area contributed by atoms with Crippen LogP contribution in [0.25, 0.3) is 0 Å². The molecule has 2 fully saturated rings. The van der Waals surface area contributed by atoms with Crippen LogP contribution in [0.2, 0.25) is 0 Å². The Balaban J connectivity index is 0.00000392. The minimum Gasteiger partial charge on any atom is -0.381 e. The van der Waals surface area contributed by atoms with Gasteiger partial charge in [-0.1, -0.05) is 0 Å². The highest BCUT2D eigenvalue weighted by Crippen LogP contribution is 2.28. The summed E-state index contributed by atoms with van der Waals surface area (Å²) in [5, 5.41) is 6.58. The van der Waals surface area contributed by atoms with E-state index in [0.717, 1.165) is 70.4 Å². The molecule has 1 saturated carbocycles. The predicted molar refractivity (Wildman–Crippen MR) is 117 cm³/mol. The van der Waals surface area contributed by atoms with Gasteiger partial charge in [0, 0.05) is 32.8 Å². The SMILES string of the molecule is CCNC(=NCCCOCC1CC1)NCCC1CCN(CC(F)(F)F)CC1.I. The molecule has 2 N–H and O–H groups in total. The molecule has 0 aromatic heterocycles. The van der Waals surface area contributed by atoms with Crippen molar-refractivity contribution in [3.63, 3.8) is 0 Å². The number of piperidine rings is 1. The third-order valence-corrected chi connectivity index (χ3v) is 5.07. The van der Waals surface area contributed by atoms with Crippen LogP contribution in [-0.4, -0.2) is 69.5 Å². The zero-order valence-electron chi connectivity index (χ0n) is 16.9. The molecule has 166 valence electrons. The highest BCUT2D eigenvalue weighted by atomic mass is 127. The standard InChI is InChI=1S/C19H35F3N4O.HI/c1-2-23-18(24-9-3-13-27-14-17-4-5-17)25-10-6-16-7-11-26(12-8-16)15-19(20,21)22;/h16-17H,2-15H2,1H3,(H2,23,24,25);1H. The van der Waals surface area contributed by atoms with Gasteiger partial charge in [0.1, 0.15) is 0 Å². The topological polar surface area (TPSA) is 48.9 Å². The molecule has 0 amide bonds. The lowest BCUT2D eigenvalue weighted by Gasteiger charge is -2.32. The number of hydrogen-bond acceptors (Lipinski definition) is 3. The Morgan fingerprint density at radius 1 is 1.11 bits per heavy atom. The summed E-state index contributed by atoms with van der Waals surface area (Å²) in [6.07, 6.45) is 2.10. The largest absolute Gasteiger partial charge is 0.401 e. The number of rotatable bonds is 11. The van der Waals surface area contributed by atoms with E-state index in [1.807, 2.05) is 6.92 Å². The third-order valence-electron chi connectivity index (χ3n) is 5.07. The molecule has 2 aliphatic rings. The summed E-state index contributed by atoms with van der Waals surface area (Å²) in [5.74, 6) is 2.10. The van der Waals surface area contributed by atoms with Crippen LogP contribution in [0.5, 0.6) is 0 Å². The van der Waals surface area contributed by atoms with E-state index in [9.17, 15) is 13.2 Å². The maximum atomic E-state index is 12.4. The first-order valence-corrected chi connectivity index (χ1v) is 10.4. The van der Waals surface area contributed by atoms with Crippen LogP contribution in [-0.2, 0) is 4.74 Å². The van der Waals surface area contributed by atoms with Gasteiger partial charge in [-0.05, 0) is 70.4 Å². The van der Waals surface area contributed by atoms with Crippen molar-refractivity contribution in [2.45, 2.75) is 51.6 Å². The number of ether oxygens (including phenoxy) is 1. The smallest absolute Gasteiger partial charge is 0.381 e. The van der Waals surface area contributed by atoms with E-state index in [0.29, 0.717) is 19.0 Å². The number of likely N-dealkylation sites (tertiary alicyclic amines) is 1. The summed E-state index contributed by atoms with van der Waals surface area (Å²) in [7, 11) is 0. The van der Waals surface area contributed by atoms with Crippen LogP contribution in [0.1, 0.15) is 45.4 Å². The second kappa shape index (κ2) is 13.8. The van der Waals surface area contributed by atoms with Crippen molar-refractivity contribution < 1.29 is 17.9 Å². The number of nitrogens with one attached hydrogen (secondary N) is 2. The van der Waals surface area contributed by atoms with E-state index in [4.69, 9.17) is 4.74 Å². The van der Waals surface area contributed by atoms with Gasteiger partial charge in [0.05, 0.1) is 6.54 Å². The van der Waals surface area contributed by atoms with Gasteiger partial charge < -0.3 is 15.4 Å². The lowest BCUT2D eigenvalue weighted by Crippen LogP contribution is -2.41. The molecule has 0 bridgehead atoms. The molecule has 5 nitrogen and oxygen atoms in total. The van der Waals surface area contributed by atoms with Crippen molar-refractivity contribution in [3.8, 4) is 0 Å². The first kappa shape index (κ1) is 25.7. The van der Waals surface area contributed by atoms with Crippen LogP contribution in [0, 0.1) is 11.8 Å². The molecule has 0 spiro atoms. The van der Waals surface area contributed by atoms with E-state index < -0.39 is 12.7 Å². The van der Waals surface area contributed by atoms with Crippen molar-refractivity contribution in [2.75, 3.05) is 52.5 Å². The van der Waals surface area contributed by atoms with Crippen molar-refractivity contribution in [3.05, 3.63) is 0 Å². The molecule has 28 heavy (non-hydrogen) atoms. The fourth-order valence-corrected chi connectivity index (χ4v) is 3.32. The molecule has 1 saturated heterocycles. The number of alkyl halides is 3. The van der Waals surface area contributed by atoms with Crippen molar-refractivity contribution in [2.24, 2.45) is 16.8 Å². The van der Waals surface area contributed by atoms with Crippen molar-refractivity contribution >= 4 is 29.9 Å². The molecular weight excluding hydrogens is 484 g/mol. The molecule has 2 rings (SSSR count). The molecule has 1 aliphatic heterocycles. The number of nitrogens with zero attached hydrogens (tertiary/aromatic N) is 2. The first-order valence-electron chi connectivity index (χ1n) is 10.4. The summed E-state index contributed by atoms with van der Waals surface area (Å²) in [6, 6.07) is 0. The summed E-state index contributed by atoms with van der Waals surface area (Å²) < 4.78 is 42.9. The van der Waals surface area contributed by atoms with Gasteiger partial charge >= 0.3 is 6.18 Å². The van der Waals surface area contributed by atoms with Gasteiger partial charge in [0.15, 0.2) is 5.96 Å². The van der Waals surface area contributed by atoms with Gasteiger partial charge in [-0.3, -0.25) is 9.89 Å². The van der Waals surface area contributed by atoms with Gasteiger partial charge in [-0.15, -0.1) is 24.0 Å². The van der Waals surface area contributed by atoms with Gasteiger partial charge in [-0.25, -0.2) is 0 Å². The molecular formula is C19H36F3IN4O. The Morgan fingerprint density at radius 2 is 1.82 bits per heavy atom. The maximum Gasteiger partial charge on any atom is 0.401 e. The Labute approximate surface area is 184 Å². The Morgan fingerprint density at radius 3 is 2.43 bits per heavy atom. The number of guanidine groups is 1. The Kier molecular flexibility index (Phi) is 12.7. The van der Waals surface area contributed by atoms with Crippen LogP contribution in [0.3, 0.4) is 0 Å². The zero-order chi connectivity index (χ0) is 19.5. The molecule has 0 aromatic rings. The molecule has 0 unspecified atom stereocenters. The van der Waals surface area contributed by atoms with Crippen LogP contribution in [0.15, 0.2) is 4.99 Å². The van der Waals surface area contributed by atoms with Crippen LogP contribution in [0.4, 0.5) is 13.2 Å². The monoisotopic (exact) mass is 520 g/mol. The van der Waals surface area contributed by atoms with E-state index in [-0.39, 0.29) is 24.0 Å². The van der Waals surface area contributed by atoms with Gasteiger partial charge in [-0.2, -0.15) is 13.2 Å². The highest BCUT2D eigenvalue weighted by Gasteiger charge is 2.32. The Hall–Kier alpha value is -0.290. The summed E-state index contributed by atoms with van der Waals surface area (Å²) in [5.41, 5.74) is 0. The molecule has 1 heterocycles. The molecule has 0 atom stereocenters. The van der Waals surface area contributed by atoms with Crippen molar-refractivity contribution in [1.82, 2.24) is 15.5 Å². The summed E-state index contributed by atoms with van der Waals surface area (Å²) >= 11 is 0. The quantitative estimate of drug-likeness (QED) is 0.189. The average Bonchev–Trinajstić information content (AvgIpc) is 3.42. The van der Waals surface area contributed by atoms with Gasteiger partial charge in [0.25, 0.3) is 0 Å². The predicted octanol–water partition coefficient (Wildman–Crippen LogP) is 3.64. The second-order valence-electron chi connectivity index (χ2n) is 7.68. The normalized spacial score (nSPS) is 19.4. The van der Waals surface area contributed by atoms with Crippen LogP contribution < -0.4 is 10.6 Å². The van der Waals surface area contributed by atoms with E-state index >= 15 is 0 Å². The van der Waals surface area contributed by atoms with E-state index in [1.165, 1.54) is 17.7 Å². The maximum absolute atomic E-state index is 12.4. The highest BCUT2D eigenvalue weighted by molar-refractivity contribution is 14.0. The van der Waals surface area contributed by atoms with Gasteiger partial charge in [0.2, 0.25) is 0 Å². The third kappa shape index (κ3) is 12.3. The van der Waals surface area contributed by atoms with Crippen LogP contribution >= 0.6 is 24.0 Å². The number of halogens is 4.